The minimum Gasteiger partial charge on any atom is -0.393 e. The highest BCUT2D eigenvalue weighted by Gasteiger charge is 2.68. The van der Waals surface area contributed by atoms with Gasteiger partial charge in [0.25, 0.3) is 0 Å². The van der Waals surface area contributed by atoms with Crippen molar-refractivity contribution in [3.63, 3.8) is 0 Å². The highest BCUT2D eigenvalue weighted by atomic mass is 16.3. The molecule has 0 heterocycles. The molecule has 5 nitrogen and oxygen atoms in total. The molecule has 0 spiro atoms. The van der Waals surface area contributed by atoms with Crippen LogP contribution in [0.3, 0.4) is 0 Å². The van der Waals surface area contributed by atoms with Crippen LogP contribution in [0.2, 0.25) is 0 Å². The summed E-state index contributed by atoms with van der Waals surface area (Å²) in [5.74, 6) is 0.380. The zero-order chi connectivity index (χ0) is 18.9. The van der Waals surface area contributed by atoms with Crippen molar-refractivity contribution in [2.45, 2.75) is 76.9 Å². The normalized spacial score (nSPS) is 53.6. The van der Waals surface area contributed by atoms with Crippen LogP contribution in [0, 0.1) is 34.5 Å². The van der Waals surface area contributed by atoms with Crippen molar-refractivity contribution in [3.05, 3.63) is 0 Å². The molecule has 4 saturated carbocycles. The van der Waals surface area contributed by atoms with E-state index in [9.17, 15) is 24.9 Å². The number of aliphatic hydroxyl groups is 3. The lowest BCUT2D eigenvalue weighted by atomic mass is 9.44. The van der Waals surface area contributed by atoms with Crippen LogP contribution < -0.4 is 0 Å². The number of rotatable bonds is 2. The Morgan fingerprint density at radius 2 is 1.88 bits per heavy atom. The summed E-state index contributed by atoms with van der Waals surface area (Å²) < 4.78 is 0. The van der Waals surface area contributed by atoms with E-state index in [4.69, 9.17) is 0 Å². The van der Waals surface area contributed by atoms with E-state index in [1.807, 2.05) is 6.92 Å². The number of aliphatic hydroxyl groups excluding tert-OH is 2. The summed E-state index contributed by atoms with van der Waals surface area (Å²) in [6.45, 7) is 3.46. The Balaban J connectivity index is 1.70. The van der Waals surface area contributed by atoms with E-state index in [-0.39, 0.29) is 41.5 Å². The van der Waals surface area contributed by atoms with E-state index in [2.05, 4.69) is 6.92 Å². The number of hydrogen-bond donors (Lipinski definition) is 3. The Labute approximate surface area is 155 Å². The Morgan fingerprint density at radius 1 is 1.15 bits per heavy atom. The molecule has 0 aromatic rings. The summed E-state index contributed by atoms with van der Waals surface area (Å²) in [4.78, 5) is 25.7. The lowest BCUT2D eigenvalue weighted by Gasteiger charge is -2.60. The highest BCUT2D eigenvalue weighted by molar-refractivity contribution is 5.92. The van der Waals surface area contributed by atoms with Gasteiger partial charge in [-0.25, -0.2) is 0 Å². The topological polar surface area (TPSA) is 94.8 Å². The molecule has 3 N–H and O–H groups in total. The predicted molar refractivity (Wildman–Crippen MR) is 95.2 cm³/mol. The van der Waals surface area contributed by atoms with Crippen LogP contribution >= 0.6 is 0 Å². The van der Waals surface area contributed by atoms with Gasteiger partial charge >= 0.3 is 0 Å². The second-order valence-corrected chi connectivity index (χ2v) is 10.00. The van der Waals surface area contributed by atoms with Gasteiger partial charge in [-0.2, -0.15) is 0 Å². The molecule has 26 heavy (non-hydrogen) atoms. The largest absolute Gasteiger partial charge is 0.393 e. The molecule has 4 rings (SSSR count). The molecule has 0 aromatic heterocycles. The molecule has 0 amide bonds. The van der Waals surface area contributed by atoms with Crippen LogP contribution in [0.25, 0.3) is 0 Å². The van der Waals surface area contributed by atoms with E-state index in [1.54, 1.807) is 0 Å². The zero-order valence-electron chi connectivity index (χ0n) is 15.9. The Morgan fingerprint density at radius 3 is 2.58 bits per heavy atom. The van der Waals surface area contributed by atoms with E-state index in [0.29, 0.717) is 12.3 Å². The molecular formula is C21H32O5. The standard InChI is InChI=1S/C21H32O5/c1-19-7-5-13(23)9-12(19)3-4-14-15-6-8-21(26,17(25)11-22)20(15,2)10-16(24)18(14)19/h12-15,18,22-23,26H,3-11H2,1-2H3/t12-,13-,14-,15-,18+,19-,20+,21-/m0/s1. The van der Waals surface area contributed by atoms with E-state index in [1.165, 1.54) is 0 Å². The lowest BCUT2D eigenvalue weighted by molar-refractivity contribution is -0.180. The summed E-state index contributed by atoms with van der Waals surface area (Å²) >= 11 is 0. The third kappa shape index (κ3) is 2.20. The minimum absolute atomic E-state index is 0.0154. The summed E-state index contributed by atoms with van der Waals surface area (Å²) in [5.41, 5.74) is -2.40. The molecule has 0 bridgehead atoms. The van der Waals surface area contributed by atoms with Gasteiger partial charge in [-0.1, -0.05) is 13.8 Å². The van der Waals surface area contributed by atoms with E-state index in [0.717, 1.165) is 38.5 Å². The fourth-order valence-electron chi connectivity index (χ4n) is 7.64. The van der Waals surface area contributed by atoms with Crippen LogP contribution in [0.15, 0.2) is 0 Å². The Bertz CT molecular complexity index is 632. The van der Waals surface area contributed by atoms with Crippen LogP contribution in [-0.4, -0.2) is 45.2 Å². The highest BCUT2D eigenvalue weighted by Crippen LogP contribution is 2.67. The number of hydrogen-bond acceptors (Lipinski definition) is 5. The third-order valence-electron chi connectivity index (χ3n) is 9.08. The number of carbonyl (C=O) groups excluding carboxylic acids is 2. The van der Waals surface area contributed by atoms with Gasteiger partial charge in [-0.15, -0.1) is 0 Å². The lowest BCUT2D eigenvalue weighted by Crippen LogP contribution is -2.62. The molecular weight excluding hydrogens is 332 g/mol. The number of carbonyl (C=O) groups is 2. The van der Waals surface area contributed by atoms with Gasteiger partial charge in [0, 0.05) is 17.8 Å². The minimum atomic E-state index is -1.58. The molecule has 0 aliphatic heterocycles. The second-order valence-electron chi connectivity index (χ2n) is 10.00. The number of Topliss-reactive ketones (excluding diaryl/α,β-unsaturated/α-hetero) is 2. The maximum Gasteiger partial charge on any atom is 0.190 e. The SMILES string of the molecule is C[C@]12CC[C@H](O)C[C@@H]1CC[C@@H]1[C@@H]2C(=O)C[C@]2(C)[C@H]1CC[C@]2(O)C(=O)CO. The average molecular weight is 364 g/mol. The van der Waals surface area contributed by atoms with Crippen LogP contribution in [0.4, 0.5) is 0 Å². The van der Waals surface area contributed by atoms with Crippen molar-refractivity contribution in [1.82, 2.24) is 0 Å². The van der Waals surface area contributed by atoms with Gasteiger partial charge < -0.3 is 15.3 Å². The Hall–Kier alpha value is -0.780. The molecule has 0 saturated heterocycles. The average Bonchev–Trinajstić information content (AvgIpc) is 2.86. The van der Waals surface area contributed by atoms with E-state index >= 15 is 0 Å². The van der Waals surface area contributed by atoms with Crippen molar-refractivity contribution in [1.29, 1.82) is 0 Å². The molecule has 4 aliphatic carbocycles. The quantitative estimate of drug-likeness (QED) is 0.695. The van der Waals surface area contributed by atoms with Crippen LogP contribution in [0.1, 0.15) is 65.2 Å². The predicted octanol–water partition coefficient (Wildman–Crippen LogP) is 1.86. The first kappa shape index (κ1) is 18.6. The molecule has 146 valence electrons. The van der Waals surface area contributed by atoms with Crippen molar-refractivity contribution in [2.75, 3.05) is 6.61 Å². The summed E-state index contributed by atoms with van der Waals surface area (Å²) in [6.07, 6.45) is 5.47. The van der Waals surface area contributed by atoms with Crippen molar-refractivity contribution in [2.24, 2.45) is 34.5 Å². The van der Waals surface area contributed by atoms with Gasteiger partial charge in [-0.3, -0.25) is 9.59 Å². The first-order valence-corrected chi connectivity index (χ1v) is 10.2. The molecule has 8 atom stereocenters. The first-order chi connectivity index (χ1) is 12.2. The smallest absolute Gasteiger partial charge is 0.190 e. The van der Waals surface area contributed by atoms with Crippen molar-refractivity contribution >= 4 is 11.6 Å². The fourth-order valence-corrected chi connectivity index (χ4v) is 7.64. The van der Waals surface area contributed by atoms with Crippen LogP contribution in [0.5, 0.6) is 0 Å². The Kier molecular flexibility index (Phi) is 4.18. The molecule has 0 aromatic carbocycles. The molecule has 4 aliphatic rings. The molecule has 0 unspecified atom stereocenters. The maximum atomic E-state index is 13.4. The number of ketones is 2. The van der Waals surface area contributed by atoms with Crippen LogP contribution in [-0.2, 0) is 9.59 Å². The maximum absolute atomic E-state index is 13.4. The summed E-state index contributed by atoms with van der Waals surface area (Å²) in [5, 5.41) is 30.6. The first-order valence-electron chi connectivity index (χ1n) is 10.2. The molecule has 0 radical (unpaired) electrons. The van der Waals surface area contributed by atoms with Gasteiger partial charge in [0.15, 0.2) is 5.78 Å². The van der Waals surface area contributed by atoms with Crippen molar-refractivity contribution in [3.8, 4) is 0 Å². The zero-order valence-corrected chi connectivity index (χ0v) is 15.9. The third-order valence-corrected chi connectivity index (χ3v) is 9.08. The van der Waals surface area contributed by atoms with E-state index < -0.39 is 23.4 Å². The van der Waals surface area contributed by atoms with Crippen molar-refractivity contribution < 1.29 is 24.9 Å². The second kappa shape index (κ2) is 5.86. The van der Waals surface area contributed by atoms with Gasteiger partial charge in [0.2, 0.25) is 0 Å². The van der Waals surface area contributed by atoms with Gasteiger partial charge in [0.1, 0.15) is 18.0 Å². The summed E-state index contributed by atoms with van der Waals surface area (Å²) in [7, 11) is 0. The van der Waals surface area contributed by atoms with Gasteiger partial charge in [0.05, 0.1) is 6.10 Å². The van der Waals surface area contributed by atoms with Gasteiger partial charge in [-0.05, 0) is 68.1 Å². The molecule has 4 fully saturated rings. The number of fused-ring (bicyclic) bond motifs is 5. The molecule has 5 heteroatoms. The summed E-state index contributed by atoms with van der Waals surface area (Å²) in [6, 6.07) is 0. The fraction of sp³-hybridized carbons (Fsp3) is 0.905. The monoisotopic (exact) mass is 364 g/mol.